The van der Waals surface area contributed by atoms with Gasteiger partial charge in [0.2, 0.25) is 0 Å². The molecule has 0 radical (unpaired) electrons. The lowest BCUT2D eigenvalue weighted by Gasteiger charge is -2.03. The van der Waals surface area contributed by atoms with Gasteiger partial charge >= 0.3 is 11.9 Å². The van der Waals surface area contributed by atoms with Crippen LogP contribution in [0.1, 0.15) is 19.2 Å². The Labute approximate surface area is 97.9 Å². The maximum absolute atomic E-state index is 11.2. The van der Waals surface area contributed by atoms with Crippen molar-refractivity contribution in [1.29, 1.82) is 0 Å². The summed E-state index contributed by atoms with van der Waals surface area (Å²) in [5.41, 5.74) is 0. The smallest absolute Gasteiger partial charge is 0.313 e. The maximum atomic E-state index is 11.2. The number of aromatic nitrogens is 4. The Hall–Kier alpha value is -1.99. The Morgan fingerprint density at radius 2 is 2.12 bits per heavy atom. The zero-order valence-corrected chi connectivity index (χ0v) is 9.75. The van der Waals surface area contributed by atoms with E-state index in [0.717, 1.165) is 0 Å². The van der Waals surface area contributed by atoms with Crippen molar-refractivity contribution in [3.63, 3.8) is 0 Å². The van der Waals surface area contributed by atoms with E-state index in [4.69, 9.17) is 4.74 Å². The van der Waals surface area contributed by atoms with Crippen LogP contribution in [0.4, 0.5) is 0 Å². The zero-order chi connectivity index (χ0) is 12.7. The van der Waals surface area contributed by atoms with Gasteiger partial charge in [0.1, 0.15) is 6.42 Å². The van der Waals surface area contributed by atoms with E-state index in [1.54, 1.807) is 6.92 Å². The van der Waals surface area contributed by atoms with Gasteiger partial charge in [-0.2, -0.15) is 0 Å². The van der Waals surface area contributed by atoms with Gasteiger partial charge in [0, 0.05) is 0 Å². The largest absolute Gasteiger partial charge is 0.469 e. The molecule has 0 aliphatic rings. The predicted octanol–water partition coefficient (Wildman–Crippen LogP) is -0.658. The molecule has 1 heterocycles. The third kappa shape index (κ3) is 4.17. The average molecular weight is 242 g/mol. The van der Waals surface area contributed by atoms with Crippen molar-refractivity contribution in [1.82, 2.24) is 20.2 Å². The molecule has 0 saturated heterocycles. The molecular weight excluding hydrogens is 228 g/mol. The maximum Gasteiger partial charge on any atom is 0.313 e. The number of hydrogen-bond donors (Lipinski definition) is 0. The molecule has 0 amide bonds. The van der Waals surface area contributed by atoms with Crippen molar-refractivity contribution in [2.24, 2.45) is 0 Å². The number of methoxy groups -OCH3 is 1. The first-order valence-corrected chi connectivity index (χ1v) is 5.14. The summed E-state index contributed by atoms with van der Waals surface area (Å²) in [7, 11) is 1.31. The highest BCUT2D eigenvalue weighted by atomic mass is 16.5. The number of hydrogen-bond acceptors (Lipinski definition) is 7. The minimum atomic E-state index is -0.401. The molecule has 17 heavy (non-hydrogen) atoms. The second kappa shape index (κ2) is 6.56. The molecule has 0 saturated carbocycles. The Morgan fingerprint density at radius 3 is 2.76 bits per heavy atom. The summed E-state index contributed by atoms with van der Waals surface area (Å²) in [4.78, 5) is 22.2. The van der Waals surface area contributed by atoms with Gasteiger partial charge in [0.15, 0.2) is 5.82 Å². The van der Waals surface area contributed by atoms with Crippen LogP contribution in [0.3, 0.4) is 0 Å². The molecule has 0 aliphatic carbocycles. The van der Waals surface area contributed by atoms with Gasteiger partial charge in [-0.1, -0.05) is 0 Å². The number of nitrogens with zero attached hydrogens (tertiary/aromatic N) is 4. The van der Waals surface area contributed by atoms with E-state index in [9.17, 15) is 9.59 Å². The fraction of sp³-hybridized carbons (Fsp3) is 0.667. The first-order valence-electron chi connectivity index (χ1n) is 5.14. The minimum Gasteiger partial charge on any atom is -0.469 e. The highest BCUT2D eigenvalue weighted by Crippen LogP contribution is 1.98. The lowest BCUT2D eigenvalue weighted by atomic mass is 10.4. The number of carbonyl (C=O) groups is 2. The van der Waals surface area contributed by atoms with E-state index < -0.39 is 5.97 Å². The van der Waals surface area contributed by atoms with E-state index in [1.165, 1.54) is 11.8 Å². The average Bonchev–Trinajstić information content (AvgIpc) is 2.73. The molecule has 0 spiro atoms. The fourth-order valence-corrected chi connectivity index (χ4v) is 1.16. The Morgan fingerprint density at radius 1 is 1.35 bits per heavy atom. The van der Waals surface area contributed by atoms with Crippen molar-refractivity contribution in [2.45, 2.75) is 26.3 Å². The van der Waals surface area contributed by atoms with Crippen LogP contribution < -0.4 is 0 Å². The summed E-state index contributed by atoms with van der Waals surface area (Å²) in [5.74, 6) is -0.392. The normalized spacial score (nSPS) is 10.0. The predicted molar refractivity (Wildman–Crippen MR) is 54.8 cm³/mol. The molecule has 0 atom stereocenters. The molecule has 0 unspecified atom stereocenters. The van der Waals surface area contributed by atoms with Crippen LogP contribution in [0, 0.1) is 0 Å². The zero-order valence-electron chi connectivity index (χ0n) is 9.75. The molecule has 94 valence electrons. The summed E-state index contributed by atoms with van der Waals surface area (Å²) >= 11 is 0. The molecule has 0 fully saturated rings. The summed E-state index contributed by atoms with van der Waals surface area (Å²) in [5, 5.41) is 10.8. The van der Waals surface area contributed by atoms with Crippen molar-refractivity contribution in [2.75, 3.05) is 13.7 Å². The van der Waals surface area contributed by atoms with Crippen LogP contribution in [0.15, 0.2) is 0 Å². The standard InChI is InChI=1S/C9H14N4O4/c1-3-17-9(15)6-7-10-11-12-13(7)5-4-8(14)16-2/h3-6H2,1-2H3. The molecule has 8 nitrogen and oxygen atoms in total. The molecule has 0 aromatic carbocycles. The molecular formula is C9H14N4O4. The van der Waals surface area contributed by atoms with Crippen molar-refractivity contribution in [3.8, 4) is 0 Å². The number of ether oxygens (including phenoxy) is 2. The SMILES string of the molecule is CCOC(=O)Cc1nnnn1CCC(=O)OC. The monoisotopic (exact) mass is 242 g/mol. The summed E-state index contributed by atoms with van der Waals surface area (Å²) in [6, 6.07) is 0. The van der Waals surface area contributed by atoms with Gasteiger partial charge in [0.25, 0.3) is 0 Å². The summed E-state index contributed by atoms with van der Waals surface area (Å²) < 4.78 is 10.7. The van der Waals surface area contributed by atoms with Gasteiger partial charge in [-0.3, -0.25) is 9.59 Å². The third-order valence-corrected chi connectivity index (χ3v) is 1.97. The van der Waals surface area contributed by atoms with E-state index in [2.05, 4.69) is 20.3 Å². The number of esters is 2. The van der Waals surface area contributed by atoms with Crippen molar-refractivity contribution < 1.29 is 19.1 Å². The molecule has 1 rings (SSSR count). The van der Waals surface area contributed by atoms with Crippen LogP contribution in [0.5, 0.6) is 0 Å². The summed E-state index contributed by atoms with van der Waals surface area (Å²) in [6.07, 6.45) is 0.138. The summed E-state index contributed by atoms with van der Waals surface area (Å²) in [6.45, 7) is 2.30. The first kappa shape index (κ1) is 13.1. The van der Waals surface area contributed by atoms with E-state index in [0.29, 0.717) is 12.4 Å². The molecule has 0 N–H and O–H groups in total. The van der Waals surface area contributed by atoms with Crippen LogP contribution in [-0.2, 0) is 32.0 Å². The van der Waals surface area contributed by atoms with Crippen LogP contribution in [0.25, 0.3) is 0 Å². The van der Waals surface area contributed by atoms with Gasteiger partial charge in [-0.15, -0.1) is 5.10 Å². The molecule has 0 bridgehead atoms. The fourth-order valence-electron chi connectivity index (χ4n) is 1.16. The Bertz CT molecular complexity index is 390. The van der Waals surface area contributed by atoms with Crippen LogP contribution in [0.2, 0.25) is 0 Å². The Balaban J connectivity index is 2.53. The molecule has 8 heteroatoms. The van der Waals surface area contributed by atoms with E-state index in [1.807, 2.05) is 0 Å². The first-order chi connectivity index (χ1) is 8.17. The van der Waals surface area contributed by atoms with E-state index >= 15 is 0 Å². The lowest BCUT2D eigenvalue weighted by molar-refractivity contribution is -0.142. The van der Waals surface area contributed by atoms with E-state index in [-0.39, 0.29) is 25.4 Å². The Kier molecular flexibility index (Phi) is 5.05. The second-order valence-electron chi connectivity index (χ2n) is 3.13. The highest BCUT2D eigenvalue weighted by Gasteiger charge is 2.13. The molecule has 0 aliphatic heterocycles. The lowest BCUT2D eigenvalue weighted by Crippen LogP contribution is -2.15. The topological polar surface area (TPSA) is 96.2 Å². The van der Waals surface area contributed by atoms with Gasteiger partial charge < -0.3 is 9.47 Å². The van der Waals surface area contributed by atoms with Gasteiger partial charge in [-0.25, -0.2) is 4.68 Å². The van der Waals surface area contributed by atoms with Crippen molar-refractivity contribution >= 4 is 11.9 Å². The second-order valence-corrected chi connectivity index (χ2v) is 3.13. The minimum absolute atomic E-state index is 0.0119. The molecule has 1 aromatic rings. The van der Waals surface area contributed by atoms with Gasteiger partial charge in [0.05, 0.1) is 26.7 Å². The number of tetrazole rings is 1. The number of aryl methyl sites for hydroxylation is 1. The number of carbonyl (C=O) groups excluding carboxylic acids is 2. The highest BCUT2D eigenvalue weighted by molar-refractivity contribution is 5.71. The number of rotatable bonds is 6. The van der Waals surface area contributed by atoms with Crippen LogP contribution in [-0.4, -0.2) is 45.9 Å². The molecule has 1 aromatic heterocycles. The quantitative estimate of drug-likeness (QED) is 0.611. The third-order valence-electron chi connectivity index (χ3n) is 1.97. The van der Waals surface area contributed by atoms with Gasteiger partial charge in [-0.05, 0) is 17.4 Å². The van der Waals surface area contributed by atoms with Crippen molar-refractivity contribution in [3.05, 3.63) is 5.82 Å². The van der Waals surface area contributed by atoms with Crippen LogP contribution >= 0.6 is 0 Å².